The van der Waals surface area contributed by atoms with Crippen molar-refractivity contribution in [3.8, 4) is 5.75 Å². The number of rotatable bonds is 5. The van der Waals surface area contributed by atoms with Gasteiger partial charge in [0.05, 0.1) is 17.4 Å². The Hall–Kier alpha value is -4.00. The number of anilines is 1. The van der Waals surface area contributed by atoms with Crippen LogP contribution in [0.4, 0.5) is 11.4 Å². The number of hydrogen-bond donors (Lipinski definition) is 0. The van der Waals surface area contributed by atoms with E-state index in [1.54, 1.807) is 24.0 Å². The van der Waals surface area contributed by atoms with E-state index in [0.717, 1.165) is 16.8 Å². The standard InChI is InChI=1S/C23H18N2O5/c1-15(23(27)30-20-12-10-19(11-13-20)25(28)29)16-6-8-18(9-7-16)24-14-17-4-2-3-5-21(17)22(24)26/h2-13,15H,14H2,1H3. The summed E-state index contributed by atoms with van der Waals surface area (Å²) in [5.74, 6) is -0.805. The van der Waals surface area contributed by atoms with Crippen LogP contribution in [-0.4, -0.2) is 16.8 Å². The second kappa shape index (κ2) is 7.79. The lowest BCUT2D eigenvalue weighted by Crippen LogP contribution is -2.23. The first-order valence-corrected chi connectivity index (χ1v) is 9.40. The smallest absolute Gasteiger partial charge is 0.318 e. The molecule has 7 nitrogen and oxygen atoms in total. The van der Waals surface area contributed by atoms with Crippen LogP contribution in [0.15, 0.2) is 72.8 Å². The van der Waals surface area contributed by atoms with Gasteiger partial charge in [-0.2, -0.15) is 0 Å². The van der Waals surface area contributed by atoms with Gasteiger partial charge in [-0.25, -0.2) is 0 Å². The molecule has 1 aliphatic rings. The predicted octanol–water partition coefficient (Wildman–Crippen LogP) is 4.46. The fourth-order valence-electron chi connectivity index (χ4n) is 3.38. The van der Waals surface area contributed by atoms with Gasteiger partial charge in [0.1, 0.15) is 5.75 Å². The number of non-ortho nitro benzene ring substituents is 1. The van der Waals surface area contributed by atoms with E-state index in [4.69, 9.17) is 4.74 Å². The second-order valence-corrected chi connectivity index (χ2v) is 7.03. The summed E-state index contributed by atoms with van der Waals surface area (Å²) in [5.41, 5.74) is 3.14. The Labute approximate surface area is 172 Å². The van der Waals surface area contributed by atoms with Crippen molar-refractivity contribution < 1.29 is 19.2 Å². The molecule has 0 aliphatic carbocycles. The maximum Gasteiger partial charge on any atom is 0.318 e. The van der Waals surface area contributed by atoms with Gasteiger partial charge in [-0.05, 0) is 48.4 Å². The van der Waals surface area contributed by atoms with Crippen molar-refractivity contribution in [3.63, 3.8) is 0 Å². The van der Waals surface area contributed by atoms with Gasteiger partial charge < -0.3 is 9.64 Å². The molecule has 1 atom stereocenters. The maximum absolute atomic E-state index is 12.6. The zero-order chi connectivity index (χ0) is 21.3. The summed E-state index contributed by atoms with van der Waals surface area (Å²) in [6.45, 7) is 2.24. The number of ether oxygens (including phenoxy) is 1. The van der Waals surface area contributed by atoms with Crippen molar-refractivity contribution in [1.29, 1.82) is 0 Å². The van der Waals surface area contributed by atoms with Gasteiger partial charge in [0, 0.05) is 23.4 Å². The SMILES string of the molecule is CC(C(=O)Oc1ccc([N+](=O)[O-])cc1)c1ccc(N2Cc3ccccc3C2=O)cc1. The number of nitro benzene ring substituents is 1. The molecule has 4 rings (SSSR count). The van der Waals surface area contributed by atoms with Crippen molar-refractivity contribution in [2.75, 3.05) is 4.90 Å². The van der Waals surface area contributed by atoms with Crippen molar-refractivity contribution in [3.05, 3.63) is 99.6 Å². The summed E-state index contributed by atoms with van der Waals surface area (Å²) in [4.78, 5) is 37.0. The Balaban J connectivity index is 1.44. The molecule has 0 saturated heterocycles. The van der Waals surface area contributed by atoms with Crippen LogP contribution in [0.5, 0.6) is 5.75 Å². The van der Waals surface area contributed by atoms with Gasteiger partial charge in [0.15, 0.2) is 0 Å². The highest BCUT2D eigenvalue weighted by Gasteiger charge is 2.28. The third-order valence-corrected chi connectivity index (χ3v) is 5.15. The zero-order valence-corrected chi connectivity index (χ0v) is 16.1. The fourth-order valence-corrected chi connectivity index (χ4v) is 3.38. The lowest BCUT2D eigenvalue weighted by atomic mass is 10.0. The number of hydrogen-bond acceptors (Lipinski definition) is 5. The third kappa shape index (κ3) is 3.65. The van der Waals surface area contributed by atoms with Crippen molar-refractivity contribution in [2.45, 2.75) is 19.4 Å². The van der Waals surface area contributed by atoms with Crippen LogP contribution in [0.25, 0.3) is 0 Å². The molecule has 7 heteroatoms. The van der Waals surface area contributed by atoms with E-state index in [1.807, 2.05) is 36.4 Å². The van der Waals surface area contributed by atoms with Gasteiger partial charge in [-0.3, -0.25) is 19.7 Å². The highest BCUT2D eigenvalue weighted by molar-refractivity contribution is 6.10. The molecule has 1 unspecified atom stereocenters. The van der Waals surface area contributed by atoms with Gasteiger partial charge in [0.25, 0.3) is 11.6 Å². The first-order valence-electron chi connectivity index (χ1n) is 9.40. The van der Waals surface area contributed by atoms with Gasteiger partial charge >= 0.3 is 5.97 Å². The molecule has 0 N–H and O–H groups in total. The van der Waals surface area contributed by atoms with Crippen LogP contribution in [0.3, 0.4) is 0 Å². The molecular weight excluding hydrogens is 384 g/mol. The van der Waals surface area contributed by atoms with E-state index >= 15 is 0 Å². The first-order chi connectivity index (χ1) is 14.4. The number of amides is 1. The monoisotopic (exact) mass is 402 g/mol. The third-order valence-electron chi connectivity index (χ3n) is 5.15. The molecule has 1 heterocycles. The van der Waals surface area contributed by atoms with Crippen LogP contribution in [0.1, 0.15) is 34.3 Å². The largest absolute Gasteiger partial charge is 0.426 e. The van der Waals surface area contributed by atoms with Crippen LogP contribution >= 0.6 is 0 Å². The Kier molecular flexibility index (Phi) is 5.02. The van der Waals surface area contributed by atoms with Gasteiger partial charge in [-0.15, -0.1) is 0 Å². The van der Waals surface area contributed by atoms with Crippen molar-refractivity contribution >= 4 is 23.3 Å². The fraction of sp³-hybridized carbons (Fsp3) is 0.130. The molecular formula is C23H18N2O5. The maximum atomic E-state index is 12.6. The molecule has 3 aromatic rings. The van der Waals surface area contributed by atoms with E-state index < -0.39 is 16.8 Å². The van der Waals surface area contributed by atoms with Crippen LogP contribution in [0.2, 0.25) is 0 Å². The topological polar surface area (TPSA) is 89.8 Å². The summed E-state index contributed by atoms with van der Waals surface area (Å²) in [7, 11) is 0. The highest BCUT2D eigenvalue weighted by atomic mass is 16.6. The van der Waals surface area contributed by atoms with Gasteiger partial charge in [-0.1, -0.05) is 30.3 Å². The number of esters is 1. The number of nitro groups is 1. The Morgan fingerprint density at radius 3 is 2.33 bits per heavy atom. The van der Waals surface area contributed by atoms with E-state index in [9.17, 15) is 19.7 Å². The minimum atomic E-state index is -0.541. The molecule has 1 aliphatic heterocycles. The highest BCUT2D eigenvalue weighted by Crippen LogP contribution is 2.29. The average molecular weight is 402 g/mol. The Bertz CT molecular complexity index is 1120. The Morgan fingerprint density at radius 1 is 1.03 bits per heavy atom. The molecule has 0 saturated carbocycles. The average Bonchev–Trinajstić information content (AvgIpc) is 3.10. The number of carbonyl (C=O) groups excluding carboxylic acids is 2. The number of carbonyl (C=O) groups is 2. The normalized spacial score (nSPS) is 13.6. The van der Waals surface area contributed by atoms with Crippen molar-refractivity contribution in [2.24, 2.45) is 0 Å². The summed E-state index contributed by atoms with van der Waals surface area (Å²) in [5, 5.41) is 10.7. The molecule has 0 fully saturated rings. The van der Waals surface area contributed by atoms with E-state index in [0.29, 0.717) is 12.1 Å². The second-order valence-electron chi connectivity index (χ2n) is 7.03. The molecule has 0 spiro atoms. The lowest BCUT2D eigenvalue weighted by Gasteiger charge is -2.17. The van der Waals surface area contributed by atoms with E-state index in [-0.39, 0.29) is 17.3 Å². The first kappa shape index (κ1) is 19.3. The molecule has 30 heavy (non-hydrogen) atoms. The number of fused-ring (bicyclic) bond motifs is 1. The lowest BCUT2D eigenvalue weighted by molar-refractivity contribution is -0.384. The minimum Gasteiger partial charge on any atom is -0.426 e. The molecule has 150 valence electrons. The summed E-state index contributed by atoms with van der Waals surface area (Å²) >= 11 is 0. The molecule has 0 radical (unpaired) electrons. The van der Waals surface area contributed by atoms with E-state index in [1.165, 1.54) is 24.3 Å². The minimum absolute atomic E-state index is 0.0380. The molecule has 1 amide bonds. The van der Waals surface area contributed by atoms with Crippen LogP contribution < -0.4 is 9.64 Å². The number of nitrogens with zero attached hydrogens (tertiary/aromatic N) is 2. The number of benzene rings is 3. The van der Waals surface area contributed by atoms with E-state index in [2.05, 4.69) is 0 Å². The predicted molar refractivity (Wildman–Crippen MR) is 111 cm³/mol. The Morgan fingerprint density at radius 2 is 1.70 bits per heavy atom. The summed E-state index contributed by atoms with van der Waals surface area (Å²) in [6, 6.07) is 20.1. The molecule has 0 aromatic heterocycles. The zero-order valence-electron chi connectivity index (χ0n) is 16.1. The summed E-state index contributed by atoms with van der Waals surface area (Å²) < 4.78 is 5.33. The quantitative estimate of drug-likeness (QED) is 0.272. The molecule has 0 bridgehead atoms. The summed E-state index contributed by atoms with van der Waals surface area (Å²) in [6.07, 6.45) is 0. The van der Waals surface area contributed by atoms with Crippen LogP contribution in [0, 0.1) is 10.1 Å². The van der Waals surface area contributed by atoms with Crippen LogP contribution in [-0.2, 0) is 11.3 Å². The van der Waals surface area contributed by atoms with Gasteiger partial charge in [0.2, 0.25) is 0 Å². The van der Waals surface area contributed by atoms with Crippen molar-refractivity contribution in [1.82, 2.24) is 0 Å². The molecule has 3 aromatic carbocycles.